The lowest BCUT2D eigenvalue weighted by molar-refractivity contribution is -0.137. The van der Waals surface area contributed by atoms with Gasteiger partial charge in [0.05, 0.1) is 19.8 Å². The number of unbranched alkanes of at least 4 members (excludes halogenated alkanes) is 4. The second-order valence-corrected chi connectivity index (χ2v) is 11.6. The number of hydrogen-bond donors (Lipinski definition) is 1. The molecule has 1 N–H and O–H groups in total. The van der Waals surface area contributed by atoms with Crippen molar-refractivity contribution in [1.82, 2.24) is 5.32 Å². The highest BCUT2D eigenvalue weighted by atomic mass is 28.4. The van der Waals surface area contributed by atoms with Gasteiger partial charge in [-0.3, -0.25) is 0 Å². The molecule has 0 aliphatic carbocycles. The highest BCUT2D eigenvalue weighted by molar-refractivity contribution is 6.60. The Morgan fingerprint density at radius 3 is 1.97 bits per heavy atom. The van der Waals surface area contributed by atoms with Gasteiger partial charge in [-0.2, -0.15) is 0 Å². The van der Waals surface area contributed by atoms with Crippen LogP contribution in [0, 0.1) is 0 Å². The number of nitrogens with one attached hydrogen (secondary N) is 1. The molecule has 9 nitrogen and oxygen atoms in total. The molecule has 0 saturated heterocycles. The Kier molecular flexibility index (Phi) is 19.9. The van der Waals surface area contributed by atoms with Crippen LogP contribution in [0.5, 0.6) is 5.75 Å². The molecule has 0 unspecified atom stereocenters. The summed E-state index contributed by atoms with van der Waals surface area (Å²) < 4.78 is 33.6. The van der Waals surface area contributed by atoms with Gasteiger partial charge in [-0.15, -0.1) is 0 Å². The molecule has 0 aliphatic rings. The molecule has 0 saturated carbocycles. The van der Waals surface area contributed by atoms with Crippen molar-refractivity contribution >= 4 is 26.9 Å². The van der Waals surface area contributed by atoms with Gasteiger partial charge in [0.15, 0.2) is 0 Å². The minimum Gasteiger partial charge on any atom is -0.494 e. The van der Waals surface area contributed by atoms with E-state index < -0.39 is 14.9 Å². The zero-order chi connectivity index (χ0) is 28.6. The number of carbonyl (C=O) groups is 2. The molecule has 0 heterocycles. The lowest BCUT2D eigenvalue weighted by Crippen LogP contribution is -2.46. The third kappa shape index (κ3) is 17.0. The van der Waals surface area contributed by atoms with Crippen molar-refractivity contribution in [2.24, 2.45) is 0 Å². The minimum atomic E-state index is -2.68. The van der Waals surface area contributed by atoms with Crippen LogP contribution in [0.3, 0.4) is 0 Å². The first-order valence-corrected chi connectivity index (χ1v) is 16.3. The van der Waals surface area contributed by atoms with Crippen LogP contribution in [0.25, 0.3) is 6.08 Å². The number of esters is 1. The Hall–Kier alpha value is -2.40. The molecule has 0 atom stereocenters. The first-order chi connectivity index (χ1) is 19.0. The quantitative estimate of drug-likeness (QED) is 0.0728. The van der Waals surface area contributed by atoms with E-state index in [2.05, 4.69) is 12.2 Å². The third-order valence-electron chi connectivity index (χ3n) is 5.60. The van der Waals surface area contributed by atoms with Crippen LogP contribution in [0.1, 0.15) is 78.2 Å². The van der Waals surface area contributed by atoms with Crippen LogP contribution in [0.2, 0.25) is 6.04 Å². The van der Waals surface area contributed by atoms with E-state index in [1.807, 2.05) is 45.0 Å². The van der Waals surface area contributed by atoms with E-state index in [-0.39, 0.29) is 5.97 Å². The Morgan fingerprint density at radius 2 is 1.38 bits per heavy atom. The zero-order valence-corrected chi connectivity index (χ0v) is 25.3. The smallest absolute Gasteiger partial charge is 0.494 e. The van der Waals surface area contributed by atoms with Crippen LogP contribution >= 0.6 is 0 Å². The van der Waals surface area contributed by atoms with Crippen molar-refractivity contribution in [3.63, 3.8) is 0 Å². The average molecular weight is 568 g/mol. The lowest BCUT2D eigenvalue weighted by Gasteiger charge is -2.28. The van der Waals surface area contributed by atoms with Crippen LogP contribution in [0.4, 0.5) is 4.79 Å². The van der Waals surface area contributed by atoms with Gasteiger partial charge >= 0.3 is 20.9 Å². The van der Waals surface area contributed by atoms with Crippen LogP contribution < -0.4 is 10.1 Å². The molecule has 0 bridgehead atoms. The molecule has 0 spiro atoms. The van der Waals surface area contributed by atoms with Gasteiger partial charge in [-0.1, -0.05) is 25.5 Å². The predicted octanol–water partition coefficient (Wildman–Crippen LogP) is 6.15. The number of hydrogen-bond acceptors (Lipinski definition) is 8. The molecule has 1 aromatic rings. The summed E-state index contributed by atoms with van der Waals surface area (Å²) in [7, 11) is -2.68. The number of rotatable bonds is 23. The van der Waals surface area contributed by atoms with Gasteiger partial charge in [0.1, 0.15) is 5.75 Å². The first-order valence-electron chi connectivity index (χ1n) is 14.4. The van der Waals surface area contributed by atoms with Crippen molar-refractivity contribution in [2.75, 3.05) is 46.2 Å². The van der Waals surface area contributed by atoms with Gasteiger partial charge in [0, 0.05) is 38.5 Å². The summed E-state index contributed by atoms with van der Waals surface area (Å²) in [6.45, 7) is 11.4. The van der Waals surface area contributed by atoms with Gasteiger partial charge in [-0.25, -0.2) is 9.59 Å². The normalized spacial score (nSPS) is 11.5. The van der Waals surface area contributed by atoms with Crippen LogP contribution in [-0.4, -0.2) is 67.1 Å². The van der Waals surface area contributed by atoms with E-state index in [1.54, 1.807) is 6.08 Å². The van der Waals surface area contributed by atoms with Crippen molar-refractivity contribution in [1.29, 1.82) is 0 Å². The topological polar surface area (TPSA) is 102 Å². The summed E-state index contributed by atoms with van der Waals surface area (Å²) in [5.41, 5.74) is 0.912. The van der Waals surface area contributed by atoms with E-state index in [1.165, 1.54) is 6.08 Å². The molecular weight excluding hydrogens is 518 g/mol. The largest absolute Gasteiger partial charge is 0.500 e. The molecule has 0 aliphatic heterocycles. The maximum Gasteiger partial charge on any atom is 0.500 e. The SMILES string of the molecule is CCCCOc1ccc(/C=C/C(=O)OCCCCCCOC(=O)NCCC[Si](OCC)(OCC)OCC)cc1. The molecule has 1 rings (SSSR count). The molecule has 0 fully saturated rings. The highest BCUT2D eigenvalue weighted by Gasteiger charge is 2.39. The van der Waals surface area contributed by atoms with Gasteiger partial charge in [0.25, 0.3) is 0 Å². The Morgan fingerprint density at radius 1 is 0.769 bits per heavy atom. The number of carbonyl (C=O) groups excluding carboxylic acids is 2. The molecule has 1 amide bonds. The van der Waals surface area contributed by atoms with Crippen molar-refractivity contribution in [3.8, 4) is 5.75 Å². The van der Waals surface area contributed by atoms with Crippen molar-refractivity contribution < 1.29 is 37.1 Å². The summed E-state index contributed by atoms with van der Waals surface area (Å²) >= 11 is 0. The van der Waals surface area contributed by atoms with Crippen molar-refractivity contribution in [2.45, 2.75) is 78.7 Å². The summed E-state index contributed by atoms with van der Waals surface area (Å²) in [5, 5.41) is 2.77. The maximum absolute atomic E-state index is 11.9. The number of ether oxygens (including phenoxy) is 3. The van der Waals surface area contributed by atoms with Gasteiger partial charge in [-0.05, 0) is 83.1 Å². The summed E-state index contributed by atoms with van der Waals surface area (Å²) in [4.78, 5) is 23.8. The molecular formula is C29H49NO8Si. The Balaban J connectivity index is 2.07. The maximum atomic E-state index is 11.9. The Labute approximate surface area is 235 Å². The number of amides is 1. The monoisotopic (exact) mass is 567 g/mol. The summed E-state index contributed by atoms with van der Waals surface area (Å²) in [6, 6.07) is 8.26. The zero-order valence-electron chi connectivity index (χ0n) is 24.3. The third-order valence-corrected chi connectivity index (χ3v) is 8.75. The molecule has 222 valence electrons. The van der Waals surface area contributed by atoms with E-state index in [4.69, 9.17) is 27.5 Å². The predicted molar refractivity (Wildman–Crippen MR) is 155 cm³/mol. The second-order valence-electron chi connectivity index (χ2n) is 8.83. The van der Waals surface area contributed by atoms with E-state index in [0.717, 1.165) is 49.8 Å². The van der Waals surface area contributed by atoms with E-state index >= 15 is 0 Å². The van der Waals surface area contributed by atoms with E-state index in [0.29, 0.717) is 58.7 Å². The summed E-state index contributed by atoms with van der Waals surface area (Å²) in [6.07, 6.45) is 8.86. The molecule has 0 radical (unpaired) electrons. The second kappa shape index (κ2) is 22.4. The molecule has 0 aromatic heterocycles. The fourth-order valence-electron chi connectivity index (χ4n) is 3.66. The van der Waals surface area contributed by atoms with Gasteiger partial charge in [0.2, 0.25) is 0 Å². The molecule has 39 heavy (non-hydrogen) atoms. The molecule has 10 heteroatoms. The number of alkyl carbamates (subject to hydrolysis) is 1. The minimum absolute atomic E-state index is 0.353. The lowest BCUT2D eigenvalue weighted by atomic mass is 10.2. The average Bonchev–Trinajstić information content (AvgIpc) is 2.93. The standard InChI is InChI=1S/C29H49NO8Si/c1-5-9-22-33-27-18-15-26(16-19-27)17-20-28(31)34-23-12-10-11-13-24-35-29(32)30-21-14-25-39(36-6-2,37-7-3)38-8-4/h15-20H,5-14,21-25H2,1-4H3,(H,30,32)/b20-17+. The first kappa shape index (κ1) is 34.6. The fraction of sp³-hybridized carbons (Fsp3) is 0.655. The van der Waals surface area contributed by atoms with Gasteiger partial charge < -0.3 is 32.8 Å². The molecule has 1 aromatic carbocycles. The van der Waals surface area contributed by atoms with Crippen LogP contribution in [0.15, 0.2) is 30.3 Å². The summed E-state index contributed by atoms with van der Waals surface area (Å²) in [5.74, 6) is 0.470. The van der Waals surface area contributed by atoms with Crippen LogP contribution in [-0.2, 0) is 27.5 Å². The van der Waals surface area contributed by atoms with Crippen molar-refractivity contribution in [3.05, 3.63) is 35.9 Å². The fourth-order valence-corrected chi connectivity index (χ4v) is 6.28. The highest BCUT2D eigenvalue weighted by Crippen LogP contribution is 2.18. The Bertz CT molecular complexity index is 786. The van der Waals surface area contributed by atoms with E-state index in [9.17, 15) is 9.59 Å². The number of benzene rings is 1.